The zero-order valence-corrected chi connectivity index (χ0v) is 17.4. The highest BCUT2D eigenvalue weighted by molar-refractivity contribution is 8.13. The van der Waals surface area contributed by atoms with Crippen LogP contribution in [-0.4, -0.2) is 14.4 Å². The van der Waals surface area contributed by atoms with Gasteiger partial charge in [0.2, 0.25) is 0 Å². The van der Waals surface area contributed by atoms with Gasteiger partial charge in [0.15, 0.2) is 5.60 Å². The lowest BCUT2D eigenvalue weighted by atomic mass is 9.78. The fourth-order valence-corrected chi connectivity index (χ4v) is 4.91. The summed E-state index contributed by atoms with van der Waals surface area (Å²) in [5, 5.41) is 0.884. The van der Waals surface area contributed by atoms with Crippen molar-refractivity contribution in [3.8, 4) is 11.5 Å². The minimum Gasteiger partial charge on any atom is -0.456 e. The van der Waals surface area contributed by atoms with Gasteiger partial charge in [-0.1, -0.05) is 29.3 Å². The van der Waals surface area contributed by atoms with E-state index in [1.165, 1.54) is 18.2 Å². The molecule has 0 N–H and O–H groups in total. The molecule has 0 aliphatic carbocycles. The number of halogens is 3. The molecule has 2 aliphatic rings. The Morgan fingerprint density at radius 3 is 1.90 bits per heavy atom. The number of fused-ring (bicyclic) bond motifs is 6. The lowest BCUT2D eigenvalue weighted by Gasteiger charge is -2.36. The third kappa shape index (κ3) is 2.67. The predicted molar refractivity (Wildman–Crippen MR) is 108 cm³/mol. The number of carbonyl (C=O) groups is 1. The quantitative estimate of drug-likeness (QED) is 0.350. The van der Waals surface area contributed by atoms with Crippen molar-refractivity contribution in [2.45, 2.75) is 10.5 Å². The van der Waals surface area contributed by atoms with E-state index in [1.54, 1.807) is 36.4 Å². The Bertz CT molecular complexity index is 1280. The van der Waals surface area contributed by atoms with Crippen LogP contribution < -0.4 is 4.74 Å². The second-order valence-corrected chi connectivity index (χ2v) is 10.0. The van der Waals surface area contributed by atoms with E-state index in [9.17, 15) is 13.2 Å². The summed E-state index contributed by atoms with van der Waals surface area (Å²) in [6.45, 7) is 0. The summed E-state index contributed by atoms with van der Waals surface area (Å²) in [5.74, 6) is 0.134. The molecule has 0 amide bonds. The molecule has 0 fully saturated rings. The molecule has 5 rings (SSSR count). The Labute approximate surface area is 180 Å². The number of esters is 1. The van der Waals surface area contributed by atoms with Gasteiger partial charge in [-0.15, -0.1) is 0 Å². The van der Waals surface area contributed by atoms with E-state index in [0.717, 1.165) is 0 Å². The van der Waals surface area contributed by atoms with E-state index in [-0.39, 0.29) is 10.5 Å². The van der Waals surface area contributed by atoms with E-state index in [1.807, 2.05) is 0 Å². The number of rotatable bonds is 1. The minimum absolute atomic E-state index is 0.107. The maximum atomic E-state index is 12.8. The summed E-state index contributed by atoms with van der Waals surface area (Å²) in [5.41, 5.74) is 0.368. The molecule has 0 atom stereocenters. The normalized spacial score (nSPS) is 15.9. The largest absolute Gasteiger partial charge is 0.456 e. The maximum Gasteiger partial charge on any atom is 0.340 e. The van der Waals surface area contributed by atoms with Crippen molar-refractivity contribution in [1.29, 1.82) is 0 Å². The molecular formula is C20H9Cl3O5S. The molecule has 0 aromatic heterocycles. The first-order chi connectivity index (χ1) is 13.7. The van der Waals surface area contributed by atoms with Crippen LogP contribution in [0.1, 0.15) is 27.0 Å². The Morgan fingerprint density at radius 2 is 1.34 bits per heavy atom. The lowest BCUT2D eigenvalue weighted by molar-refractivity contribution is 0.0224. The van der Waals surface area contributed by atoms with Crippen LogP contribution in [-0.2, 0) is 19.4 Å². The van der Waals surface area contributed by atoms with Crippen molar-refractivity contribution < 1.29 is 22.7 Å². The van der Waals surface area contributed by atoms with Gasteiger partial charge in [-0.05, 0) is 48.5 Å². The first-order valence-corrected chi connectivity index (χ1v) is 11.4. The van der Waals surface area contributed by atoms with Crippen LogP contribution in [0.25, 0.3) is 0 Å². The molecule has 1 spiro atoms. The van der Waals surface area contributed by atoms with Crippen molar-refractivity contribution in [3.63, 3.8) is 0 Å². The van der Waals surface area contributed by atoms with Crippen LogP contribution in [0.15, 0.2) is 59.5 Å². The van der Waals surface area contributed by atoms with E-state index in [2.05, 4.69) is 0 Å². The summed E-state index contributed by atoms with van der Waals surface area (Å²) in [4.78, 5) is 12.6. The molecule has 2 aliphatic heterocycles. The van der Waals surface area contributed by atoms with Gasteiger partial charge in [-0.25, -0.2) is 13.2 Å². The zero-order chi connectivity index (χ0) is 20.6. The third-order valence-electron chi connectivity index (χ3n) is 4.98. The average Bonchev–Trinajstić information content (AvgIpc) is 2.93. The lowest BCUT2D eigenvalue weighted by Crippen LogP contribution is -2.33. The van der Waals surface area contributed by atoms with Crippen LogP contribution >= 0.6 is 33.9 Å². The van der Waals surface area contributed by atoms with Gasteiger partial charge in [-0.2, -0.15) is 0 Å². The van der Waals surface area contributed by atoms with Gasteiger partial charge >= 0.3 is 5.97 Å². The standard InChI is InChI=1S/C20H9Cl3O5S/c21-10-1-4-15-17(7-10)27-18-8-11(22)2-5-16(18)20(15)14-6-3-12(29(23,25)26)9-13(14)19(24)28-20/h1-9H. The molecule has 0 unspecified atom stereocenters. The Balaban J connectivity index is 1.87. The molecule has 0 bridgehead atoms. The Kier molecular flexibility index (Phi) is 3.96. The van der Waals surface area contributed by atoms with Gasteiger partial charge in [-0.3, -0.25) is 0 Å². The zero-order valence-electron chi connectivity index (χ0n) is 14.3. The molecule has 3 aromatic carbocycles. The fourth-order valence-electron chi connectivity index (χ4n) is 3.81. The molecule has 0 saturated carbocycles. The number of ether oxygens (including phenoxy) is 2. The number of hydrogen-bond acceptors (Lipinski definition) is 5. The van der Waals surface area contributed by atoms with Crippen molar-refractivity contribution in [1.82, 2.24) is 0 Å². The molecule has 146 valence electrons. The summed E-state index contributed by atoms with van der Waals surface area (Å²) >= 11 is 12.3. The summed E-state index contributed by atoms with van der Waals surface area (Å²) in [7, 11) is 1.44. The highest BCUT2D eigenvalue weighted by atomic mass is 35.7. The minimum atomic E-state index is -4.02. The van der Waals surface area contributed by atoms with Gasteiger partial charge < -0.3 is 9.47 Å². The van der Waals surface area contributed by atoms with Crippen molar-refractivity contribution in [3.05, 3.63) is 86.9 Å². The molecule has 0 saturated heterocycles. The first kappa shape index (κ1) is 18.8. The van der Waals surface area contributed by atoms with Crippen molar-refractivity contribution in [2.24, 2.45) is 0 Å². The summed E-state index contributed by atoms with van der Waals surface area (Å²) < 4.78 is 35.4. The van der Waals surface area contributed by atoms with Gasteiger partial charge in [0.05, 0.1) is 10.5 Å². The third-order valence-corrected chi connectivity index (χ3v) is 6.81. The Hall–Kier alpha value is -2.25. The highest BCUT2D eigenvalue weighted by Gasteiger charge is 2.53. The van der Waals surface area contributed by atoms with Crippen LogP contribution in [0.5, 0.6) is 11.5 Å². The molecule has 29 heavy (non-hydrogen) atoms. The molecule has 5 nitrogen and oxygen atoms in total. The number of benzene rings is 3. The average molecular weight is 468 g/mol. The monoisotopic (exact) mass is 466 g/mol. The molecular weight excluding hydrogens is 459 g/mol. The fraction of sp³-hybridized carbons (Fsp3) is 0.0500. The maximum absolute atomic E-state index is 12.8. The second-order valence-electron chi connectivity index (χ2n) is 6.60. The van der Waals surface area contributed by atoms with E-state index < -0.39 is 20.6 Å². The molecule has 9 heteroatoms. The van der Waals surface area contributed by atoms with E-state index in [4.69, 9.17) is 43.4 Å². The van der Waals surface area contributed by atoms with Crippen LogP contribution in [0.2, 0.25) is 10.0 Å². The predicted octanol–water partition coefficient (Wildman–Crippen LogP) is 5.49. The van der Waals surface area contributed by atoms with Gasteiger partial charge in [0, 0.05) is 37.4 Å². The number of hydrogen-bond donors (Lipinski definition) is 0. The summed E-state index contributed by atoms with van der Waals surface area (Å²) in [6, 6.07) is 14.1. The SMILES string of the molecule is O=C1OC2(c3ccc(Cl)cc3Oc3cc(Cl)ccc32)c2ccc(S(=O)(=O)Cl)cc21. The topological polar surface area (TPSA) is 69.7 Å². The van der Waals surface area contributed by atoms with E-state index >= 15 is 0 Å². The second kappa shape index (κ2) is 6.12. The van der Waals surface area contributed by atoms with Crippen molar-refractivity contribution in [2.75, 3.05) is 0 Å². The number of carbonyl (C=O) groups excluding carboxylic acids is 1. The Morgan fingerprint density at radius 1 is 0.793 bits per heavy atom. The summed E-state index contributed by atoms with van der Waals surface area (Å²) in [6.07, 6.45) is 0. The van der Waals surface area contributed by atoms with Crippen LogP contribution in [0, 0.1) is 0 Å². The van der Waals surface area contributed by atoms with Gasteiger partial charge in [0.1, 0.15) is 11.5 Å². The molecule has 3 aromatic rings. The van der Waals surface area contributed by atoms with Crippen LogP contribution in [0.4, 0.5) is 0 Å². The molecule has 0 radical (unpaired) electrons. The van der Waals surface area contributed by atoms with Crippen LogP contribution in [0.3, 0.4) is 0 Å². The van der Waals surface area contributed by atoms with E-state index in [0.29, 0.717) is 38.2 Å². The smallest absolute Gasteiger partial charge is 0.340 e. The molecule has 2 heterocycles. The first-order valence-electron chi connectivity index (χ1n) is 8.30. The van der Waals surface area contributed by atoms with Crippen molar-refractivity contribution >= 4 is 48.9 Å². The van der Waals surface area contributed by atoms with Gasteiger partial charge in [0.25, 0.3) is 9.05 Å². The highest BCUT2D eigenvalue weighted by Crippen LogP contribution is 2.56.